The van der Waals surface area contributed by atoms with Crippen LogP contribution in [-0.4, -0.2) is 40.1 Å². The number of halogens is 1. The molecule has 0 saturated carbocycles. The number of carbonyl (C=O) groups is 1. The standard InChI is InChI=1S/C21H23FN4O3S/c1-3-26-19(14-20(27)23-16-6-4-15(22)5-7-16)24-25-21(26)30-13-12-29-18-10-8-17(28-2)9-11-18/h4-11H,3,12-14H2,1-2H3,(H,23,27). The van der Waals surface area contributed by atoms with Crippen molar-refractivity contribution < 1.29 is 18.7 Å². The molecular formula is C21H23FN4O3S. The number of benzene rings is 2. The largest absolute Gasteiger partial charge is 0.497 e. The number of nitrogens with zero attached hydrogens (tertiary/aromatic N) is 3. The number of carbonyl (C=O) groups excluding carboxylic acids is 1. The zero-order valence-electron chi connectivity index (χ0n) is 16.8. The molecule has 0 atom stereocenters. The van der Waals surface area contributed by atoms with Gasteiger partial charge >= 0.3 is 0 Å². The average Bonchev–Trinajstić information content (AvgIpc) is 3.14. The lowest BCUT2D eigenvalue weighted by Crippen LogP contribution is -2.17. The zero-order chi connectivity index (χ0) is 21.3. The molecule has 0 aliphatic rings. The Balaban J connectivity index is 1.50. The van der Waals surface area contributed by atoms with Crippen LogP contribution in [-0.2, 0) is 17.8 Å². The van der Waals surface area contributed by atoms with Crippen molar-refractivity contribution in [2.75, 3.05) is 24.8 Å². The maximum absolute atomic E-state index is 13.0. The first-order chi connectivity index (χ1) is 14.6. The molecule has 0 saturated heterocycles. The highest BCUT2D eigenvalue weighted by Crippen LogP contribution is 2.20. The molecule has 1 heterocycles. The summed E-state index contributed by atoms with van der Waals surface area (Å²) >= 11 is 1.52. The van der Waals surface area contributed by atoms with E-state index in [1.165, 1.54) is 36.0 Å². The summed E-state index contributed by atoms with van der Waals surface area (Å²) < 4.78 is 25.7. The van der Waals surface area contributed by atoms with Crippen molar-refractivity contribution in [3.8, 4) is 11.5 Å². The van der Waals surface area contributed by atoms with Crippen LogP contribution < -0.4 is 14.8 Å². The second-order valence-corrected chi connectivity index (χ2v) is 7.31. The molecule has 1 N–H and O–H groups in total. The van der Waals surface area contributed by atoms with E-state index >= 15 is 0 Å². The fourth-order valence-electron chi connectivity index (χ4n) is 2.72. The third-order valence-electron chi connectivity index (χ3n) is 4.20. The minimum atomic E-state index is -0.351. The molecule has 30 heavy (non-hydrogen) atoms. The minimum Gasteiger partial charge on any atom is -0.497 e. The van der Waals surface area contributed by atoms with Crippen LogP contribution in [0.1, 0.15) is 12.7 Å². The van der Waals surface area contributed by atoms with Gasteiger partial charge in [0.2, 0.25) is 5.91 Å². The second kappa shape index (κ2) is 10.6. The lowest BCUT2D eigenvalue weighted by molar-refractivity contribution is -0.115. The van der Waals surface area contributed by atoms with E-state index in [9.17, 15) is 9.18 Å². The lowest BCUT2D eigenvalue weighted by Gasteiger charge is -2.09. The van der Waals surface area contributed by atoms with Gasteiger partial charge in [-0.1, -0.05) is 11.8 Å². The molecule has 0 aliphatic carbocycles. The topological polar surface area (TPSA) is 78.3 Å². The second-order valence-electron chi connectivity index (χ2n) is 6.25. The monoisotopic (exact) mass is 430 g/mol. The Morgan fingerprint density at radius 2 is 1.80 bits per heavy atom. The summed E-state index contributed by atoms with van der Waals surface area (Å²) in [4.78, 5) is 12.3. The number of hydrogen-bond acceptors (Lipinski definition) is 6. The number of anilines is 1. The average molecular weight is 431 g/mol. The summed E-state index contributed by atoms with van der Waals surface area (Å²) in [6.07, 6.45) is 0.0844. The summed E-state index contributed by atoms with van der Waals surface area (Å²) in [5.74, 6) is 2.23. The third kappa shape index (κ3) is 5.96. The number of rotatable bonds is 10. The molecule has 3 rings (SSSR count). The first-order valence-corrected chi connectivity index (χ1v) is 10.4. The van der Waals surface area contributed by atoms with Gasteiger partial charge in [0.25, 0.3) is 0 Å². The number of nitrogens with one attached hydrogen (secondary N) is 1. The van der Waals surface area contributed by atoms with Crippen molar-refractivity contribution in [2.24, 2.45) is 0 Å². The van der Waals surface area contributed by atoms with Gasteiger partial charge < -0.3 is 19.4 Å². The Kier molecular flexibility index (Phi) is 7.67. The molecule has 0 fully saturated rings. The number of hydrogen-bond donors (Lipinski definition) is 1. The molecule has 0 bridgehead atoms. The van der Waals surface area contributed by atoms with E-state index in [1.54, 1.807) is 7.11 Å². The lowest BCUT2D eigenvalue weighted by atomic mass is 10.3. The SMILES string of the molecule is CCn1c(CC(=O)Nc2ccc(F)cc2)nnc1SCCOc1ccc(OC)cc1. The van der Waals surface area contributed by atoms with Crippen molar-refractivity contribution in [1.82, 2.24) is 14.8 Å². The number of thioether (sulfide) groups is 1. The fourth-order valence-corrected chi connectivity index (χ4v) is 3.56. The Labute approximate surface area is 178 Å². The molecule has 2 aromatic carbocycles. The van der Waals surface area contributed by atoms with Crippen molar-refractivity contribution in [3.63, 3.8) is 0 Å². The molecule has 0 aliphatic heterocycles. The molecule has 9 heteroatoms. The van der Waals surface area contributed by atoms with E-state index in [0.717, 1.165) is 16.7 Å². The molecule has 7 nitrogen and oxygen atoms in total. The highest BCUT2D eigenvalue weighted by molar-refractivity contribution is 7.99. The van der Waals surface area contributed by atoms with E-state index in [-0.39, 0.29) is 18.1 Å². The van der Waals surface area contributed by atoms with Gasteiger partial charge in [0, 0.05) is 18.0 Å². The van der Waals surface area contributed by atoms with Crippen molar-refractivity contribution >= 4 is 23.4 Å². The van der Waals surface area contributed by atoms with Gasteiger partial charge in [0.1, 0.15) is 23.1 Å². The van der Waals surface area contributed by atoms with E-state index in [1.807, 2.05) is 35.8 Å². The highest BCUT2D eigenvalue weighted by Gasteiger charge is 2.15. The zero-order valence-corrected chi connectivity index (χ0v) is 17.6. The van der Waals surface area contributed by atoms with E-state index in [2.05, 4.69) is 15.5 Å². The van der Waals surface area contributed by atoms with Gasteiger partial charge in [-0.3, -0.25) is 4.79 Å². The summed E-state index contributed by atoms with van der Waals surface area (Å²) in [6.45, 7) is 3.13. The van der Waals surface area contributed by atoms with Crippen LogP contribution >= 0.6 is 11.8 Å². The molecular weight excluding hydrogens is 407 g/mol. The number of aromatic nitrogens is 3. The maximum atomic E-state index is 13.0. The van der Waals surface area contributed by atoms with Crippen LogP contribution in [0.4, 0.5) is 10.1 Å². The van der Waals surface area contributed by atoms with Crippen LogP contribution in [0.3, 0.4) is 0 Å². The molecule has 0 unspecified atom stereocenters. The Hall–Kier alpha value is -3.07. The summed E-state index contributed by atoms with van der Waals surface area (Å²) in [5, 5.41) is 11.8. The summed E-state index contributed by atoms with van der Waals surface area (Å²) in [5.41, 5.74) is 0.536. The molecule has 0 radical (unpaired) electrons. The Bertz CT molecular complexity index is 961. The Morgan fingerprint density at radius 1 is 1.10 bits per heavy atom. The van der Waals surface area contributed by atoms with Gasteiger partial charge in [-0.2, -0.15) is 0 Å². The molecule has 3 aromatic rings. The number of amides is 1. The van der Waals surface area contributed by atoms with Gasteiger partial charge in [-0.05, 0) is 55.5 Å². The predicted octanol–water partition coefficient (Wildman–Crippen LogP) is 3.80. The van der Waals surface area contributed by atoms with Crippen LogP contribution in [0.15, 0.2) is 53.7 Å². The molecule has 1 amide bonds. The first kappa shape index (κ1) is 21.6. The quantitative estimate of drug-likeness (QED) is 0.389. The maximum Gasteiger partial charge on any atom is 0.232 e. The van der Waals surface area contributed by atoms with Crippen molar-refractivity contribution in [2.45, 2.75) is 25.0 Å². The van der Waals surface area contributed by atoms with Crippen molar-refractivity contribution in [3.05, 3.63) is 60.2 Å². The van der Waals surface area contributed by atoms with Crippen LogP contribution in [0.2, 0.25) is 0 Å². The Morgan fingerprint density at radius 3 is 2.47 bits per heavy atom. The number of methoxy groups -OCH3 is 1. The van der Waals surface area contributed by atoms with E-state index in [0.29, 0.717) is 30.4 Å². The van der Waals surface area contributed by atoms with Gasteiger partial charge in [-0.25, -0.2) is 4.39 Å². The van der Waals surface area contributed by atoms with Gasteiger partial charge in [0.15, 0.2) is 5.16 Å². The predicted molar refractivity (Wildman–Crippen MR) is 114 cm³/mol. The molecule has 158 valence electrons. The van der Waals surface area contributed by atoms with E-state index in [4.69, 9.17) is 9.47 Å². The molecule has 1 aromatic heterocycles. The normalized spacial score (nSPS) is 10.6. The highest BCUT2D eigenvalue weighted by atomic mass is 32.2. The number of ether oxygens (including phenoxy) is 2. The van der Waals surface area contributed by atoms with Crippen molar-refractivity contribution in [1.29, 1.82) is 0 Å². The van der Waals surface area contributed by atoms with E-state index < -0.39 is 0 Å². The van der Waals surface area contributed by atoms with Crippen LogP contribution in [0, 0.1) is 5.82 Å². The van der Waals surface area contributed by atoms with Gasteiger partial charge in [-0.15, -0.1) is 10.2 Å². The van der Waals surface area contributed by atoms with Crippen LogP contribution in [0.5, 0.6) is 11.5 Å². The third-order valence-corrected chi connectivity index (χ3v) is 5.13. The first-order valence-electron chi connectivity index (χ1n) is 9.46. The van der Waals surface area contributed by atoms with Crippen LogP contribution in [0.25, 0.3) is 0 Å². The summed E-state index contributed by atoms with van der Waals surface area (Å²) in [7, 11) is 1.62. The summed E-state index contributed by atoms with van der Waals surface area (Å²) in [6, 6.07) is 13.0. The van der Waals surface area contributed by atoms with Gasteiger partial charge in [0.05, 0.1) is 20.1 Å². The minimum absolute atomic E-state index is 0.0844. The smallest absolute Gasteiger partial charge is 0.232 e. The molecule has 0 spiro atoms. The fraction of sp³-hybridized carbons (Fsp3) is 0.286.